The SMILES string of the molecule is OC1CC(O)NC(O)C1. The van der Waals surface area contributed by atoms with Gasteiger partial charge in [-0.25, -0.2) is 0 Å². The van der Waals surface area contributed by atoms with Crippen LogP contribution in [-0.4, -0.2) is 33.9 Å². The largest absolute Gasteiger partial charge is 0.393 e. The third-order valence-electron chi connectivity index (χ3n) is 1.38. The van der Waals surface area contributed by atoms with Gasteiger partial charge in [-0.05, 0) is 0 Å². The van der Waals surface area contributed by atoms with Crippen molar-refractivity contribution in [3.63, 3.8) is 0 Å². The quantitative estimate of drug-likeness (QED) is 0.320. The highest BCUT2D eigenvalue weighted by Crippen LogP contribution is 2.09. The molecule has 0 spiro atoms. The Morgan fingerprint density at radius 3 is 1.78 bits per heavy atom. The molecule has 4 heteroatoms. The van der Waals surface area contributed by atoms with Gasteiger partial charge in [0.15, 0.2) is 0 Å². The molecule has 4 N–H and O–H groups in total. The van der Waals surface area contributed by atoms with Crippen LogP contribution in [-0.2, 0) is 0 Å². The van der Waals surface area contributed by atoms with Crippen LogP contribution in [0.3, 0.4) is 0 Å². The third-order valence-corrected chi connectivity index (χ3v) is 1.38. The molecule has 9 heavy (non-hydrogen) atoms. The number of rotatable bonds is 0. The first-order valence-corrected chi connectivity index (χ1v) is 2.98. The van der Waals surface area contributed by atoms with Crippen molar-refractivity contribution < 1.29 is 15.3 Å². The molecule has 0 amide bonds. The van der Waals surface area contributed by atoms with Crippen molar-refractivity contribution in [3.8, 4) is 0 Å². The molecule has 54 valence electrons. The molecule has 0 bridgehead atoms. The molecule has 0 aromatic heterocycles. The second kappa shape index (κ2) is 2.62. The van der Waals surface area contributed by atoms with Crippen LogP contribution < -0.4 is 5.32 Å². The number of aliphatic hydroxyl groups is 3. The Hall–Kier alpha value is -0.160. The van der Waals surface area contributed by atoms with Gasteiger partial charge in [-0.1, -0.05) is 0 Å². The Bertz CT molecular complexity index is 73.2. The standard InChI is InChI=1S/C5H11NO3/c7-3-1-4(8)6-5(9)2-3/h3-9H,1-2H2. The van der Waals surface area contributed by atoms with Crippen LogP contribution in [0.1, 0.15) is 12.8 Å². The van der Waals surface area contributed by atoms with E-state index in [1.54, 1.807) is 0 Å². The van der Waals surface area contributed by atoms with E-state index >= 15 is 0 Å². The van der Waals surface area contributed by atoms with Crippen molar-refractivity contribution in [2.75, 3.05) is 0 Å². The summed E-state index contributed by atoms with van der Waals surface area (Å²) in [4.78, 5) is 0. The molecule has 1 heterocycles. The average molecular weight is 133 g/mol. The summed E-state index contributed by atoms with van der Waals surface area (Å²) in [6.45, 7) is 0. The molecule has 0 aromatic carbocycles. The van der Waals surface area contributed by atoms with Gasteiger partial charge in [0, 0.05) is 12.8 Å². The van der Waals surface area contributed by atoms with E-state index in [9.17, 15) is 0 Å². The summed E-state index contributed by atoms with van der Waals surface area (Å²) in [5.41, 5.74) is 0. The molecule has 2 atom stereocenters. The Balaban J connectivity index is 2.34. The van der Waals surface area contributed by atoms with Gasteiger partial charge in [0.1, 0.15) is 12.5 Å². The Labute approximate surface area is 53.1 Å². The number of hydrogen-bond acceptors (Lipinski definition) is 4. The summed E-state index contributed by atoms with van der Waals surface area (Å²) in [6.07, 6.45) is -1.49. The van der Waals surface area contributed by atoms with E-state index in [1.165, 1.54) is 0 Å². The summed E-state index contributed by atoms with van der Waals surface area (Å²) in [5, 5.41) is 29.0. The van der Waals surface area contributed by atoms with E-state index < -0.39 is 18.6 Å². The van der Waals surface area contributed by atoms with Gasteiger partial charge in [0.25, 0.3) is 0 Å². The topological polar surface area (TPSA) is 72.7 Å². The number of piperidine rings is 1. The van der Waals surface area contributed by atoms with E-state index in [4.69, 9.17) is 15.3 Å². The molecule has 0 saturated carbocycles. The fourth-order valence-corrected chi connectivity index (χ4v) is 0.970. The monoisotopic (exact) mass is 133 g/mol. The van der Waals surface area contributed by atoms with Crippen molar-refractivity contribution in [1.82, 2.24) is 5.32 Å². The average Bonchev–Trinajstić information content (AvgIpc) is 1.59. The van der Waals surface area contributed by atoms with E-state index in [1.807, 2.05) is 0 Å². The predicted octanol–water partition coefficient (Wildman–Crippen LogP) is -1.63. The van der Waals surface area contributed by atoms with E-state index in [-0.39, 0.29) is 0 Å². The lowest BCUT2D eigenvalue weighted by molar-refractivity contribution is -0.0516. The molecule has 1 aliphatic heterocycles. The zero-order chi connectivity index (χ0) is 6.85. The van der Waals surface area contributed by atoms with Crippen molar-refractivity contribution in [3.05, 3.63) is 0 Å². The van der Waals surface area contributed by atoms with Crippen LogP contribution in [0.4, 0.5) is 0 Å². The van der Waals surface area contributed by atoms with Crippen LogP contribution in [0.2, 0.25) is 0 Å². The molecule has 1 fully saturated rings. The van der Waals surface area contributed by atoms with Crippen molar-refractivity contribution in [1.29, 1.82) is 0 Å². The molecule has 0 aliphatic carbocycles. The Morgan fingerprint density at radius 2 is 1.44 bits per heavy atom. The van der Waals surface area contributed by atoms with E-state index in [2.05, 4.69) is 5.32 Å². The van der Waals surface area contributed by atoms with Crippen LogP contribution in [0.15, 0.2) is 0 Å². The van der Waals surface area contributed by atoms with Crippen molar-refractivity contribution >= 4 is 0 Å². The lowest BCUT2D eigenvalue weighted by Crippen LogP contribution is -2.47. The van der Waals surface area contributed by atoms with Gasteiger partial charge >= 0.3 is 0 Å². The second-order valence-corrected chi connectivity index (χ2v) is 2.32. The summed E-state index contributed by atoms with van der Waals surface area (Å²) in [6, 6.07) is 0. The minimum atomic E-state index is -0.760. The lowest BCUT2D eigenvalue weighted by atomic mass is 10.1. The highest BCUT2D eigenvalue weighted by Gasteiger charge is 2.23. The molecule has 1 saturated heterocycles. The third kappa shape index (κ3) is 1.91. The highest BCUT2D eigenvalue weighted by molar-refractivity contribution is 4.72. The molecular formula is C5H11NO3. The Morgan fingerprint density at radius 1 is 1.00 bits per heavy atom. The highest BCUT2D eigenvalue weighted by atomic mass is 16.3. The molecule has 0 aromatic rings. The minimum Gasteiger partial charge on any atom is -0.393 e. The van der Waals surface area contributed by atoms with Gasteiger partial charge in [-0.15, -0.1) is 0 Å². The maximum absolute atomic E-state index is 8.89. The second-order valence-electron chi connectivity index (χ2n) is 2.32. The first kappa shape index (κ1) is 6.95. The van der Waals surface area contributed by atoms with Crippen LogP contribution in [0, 0.1) is 0 Å². The zero-order valence-electron chi connectivity index (χ0n) is 4.99. The Kier molecular flexibility index (Phi) is 2.02. The summed E-state index contributed by atoms with van der Waals surface area (Å²) in [7, 11) is 0. The van der Waals surface area contributed by atoms with Crippen LogP contribution in [0.5, 0.6) is 0 Å². The van der Waals surface area contributed by atoms with Gasteiger partial charge in [-0.3, -0.25) is 5.32 Å². The molecule has 0 radical (unpaired) electrons. The molecule has 1 aliphatic rings. The predicted molar refractivity (Wildman–Crippen MR) is 30.4 cm³/mol. The summed E-state index contributed by atoms with van der Waals surface area (Å²) >= 11 is 0. The number of hydrogen-bond donors (Lipinski definition) is 4. The maximum Gasteiger partial charge on any atom is 0.109 e. The van der Waals surface area contributed by atoms with Crippen molar-refractivity contribution in [2.24, 2.45) is 0 Å². The van der Waals surface area contributed by atoms with E-state index in [0.717, 1.165) is 0 Å². The summed E-state index contributed by atoms with van der Waals surface area (Å²) in [5.74, 6) is 0. The lowest BCUT2D eigenvalue weighted by Gasteiger charge is -2.27. The molecule has 2 unspecified atom stereocenters. The smallest absolute Gasteiger partial charge is 0.109 e. The minimum absolute atomic E-state index is 0.303. The first-order valence-electron chi connectivity index (χ1n) is 2.98. The first-order chi connectivity index (χ1) is 4.18. The van der Waals surface area contributed by atoms with Crippen LogP contribution >= 0.6 is 0 Å². The van der Waals surface area contributed by atoms with Gasteiger partial charge in [0.05, 0.1) is 6.10 Å². The maximum atomic E-state index is 8.89. The number of nitrogens with one attached hydrogen (secondary N) is 1. The number of aliphatic hydroxyl groups excluding tert-OH is 3. The van der Waals surface area contributed by atoms with Gasteiger partial charge < -0.3 is 15.3 Å². The van der Waals surface area contributed by atoms with Crippen molar-refractivity contribution in [2.45, 2.75) is 31.4 Å². The molecule has 4 nitrogen and oxygen atoms in total. The van der Waals surface area contributed by atoms with Gasteiger partial charge in [0.2, 0.25) is 0 Å². The fourth-order valence-electron chi connectivity index (χ4n) is 0.970. The summed E-state index contributed by atoms with van der Waals surface area (Å²) < 4.78 is 0. The normalized spacial score (nSPS) is 45.0. The van der Waals surface area contributed by atoms with E-state index in [0.29, 0.717) is 12.8 Å². The zero-order valence-corrected chi connectivity index (χ0v) is 4.99. The molecule has 1 rings (SSSR count). The fraction of sp³-hybridized carbons (Fsp3) is 1.00. The molecular weight excluding hydrogens is 122 g/mol. The van der Waals surface area contributed by atoms with Gasteiger partial charge in [-0.2, -0.15) is 0 Å². The van der Waals surface area contributed by atoms with Crippen LogP contribution in [0.25, 0.3) is 0 Å².